The summed E-state index contributed by atoms with van der Waals surface area (Å²) in [6.45, 7) is 4.96. The molecular formula is C10H18ClN3. The lowest BCUT2D eigenvalue weighted by Crippen LogP contribution is -2.14. The number of unbranched alkanes of at least 4 members (excludes halogenated alkanes) is 1. The molecule has 4 heteroatoms. The van der Waals surface area contributed by atoms with Crippen molar-refractivity contribution in [3.63, 3.8) is 0 Å². The quantitative estimate of drug-likeness (QED) is 0.767. The van der Waals surface area contributed by atoms with Gasteiger partial charge in [-0.25, -0.2) is 0 Å². The van der Waals surface area contributed by atoms with Crippen LogP contribution in [-0.2, 0) is 6.54 Å². The van der Waals surface area contributed by atoms with Gasteiger partial charge in [0.2, 0.25) is 0 Å². The Labute approximate surface area is 90.2 Å². The first-order chi connectivity index (χ1) is 6.61. The van der Waals surface area contributed by atoms with Crippen molar-refractivity contribution in [1.29, 1.82) is 0 Å². The van der Waals surface area contributed by atoms with E-state index in [1.165, 1.54) is 0 Å². The van der Waals surface area contributed by atoms with Gasteiger partial charge in [0.25, 0.3) is 0 Å². The minimum absolute atomic E-state index is 0.303. The zero-order valence-electron chi connectivity index (χ0n) is 8.83. The van der Waals surface area contributed by atoms with Gasteiger partial charge in [-0.15, -0.1) is 0 Å². The summed E-state index contributed by atoms with van der Waals surface area (Å²) in [6.07, 6.45) is 5.03. The van der Waals surface area contributed by atoms with Gasteiger partial charge in [-0.05, 0) is 26.7 Å². The summed E-state index contributed by atoms with van der Waals surface area (Å²) in [7, 11) is 0. The van der Waals surface area contributed by atoms with E-state index < -0.39 is 0 Å². The molecule has 0 aliphatic heterocycles. The third kappa shape index (κ3) is 3.31. The number of nitrogens with zero attached hydrogens (tertiary/aromatic N) is 2. The third-order valence-corrected chi connectivity index (χ3v) is 2.69. The van der Waals surface area contributed by atoms with Crippen molar-refractivity contribution in [3.8, 4) is 0 Å². The zero-order chi connectivity index (χ0) is 10.6. The van der Waals surface area contributed by atoms with Gasteiger partial charge in [0, 0.05) is 12.6 Å². The maximum absolute atomic E-state index is 5.89. The first-order valence-electron chi connectivity index (χ1n) is 5.04. The first-order valence-corrected chi connectivity index (χ1v) is 5.42. The Hall–Kier alpha value is -0.540. The van der Waals surface area contributed by atoms with Gasteiger partial charge in [0.1, 0.15) is 0 Å². The molecule has 14 heavy (non-hydrogen) atoms. The van der Waals surface area contributed by atoms with E-state index in [0.717, 1.165) is 36.5 Å². The van der Waals surface area contributed by atoms with Crippen molar-refractivity contribution in [3.05, 3.63) is 16.9 Å². The smallest absolute Gasteiger partial charge is 0.0814 e. The fraction of sp³-hybridized carbons (Fsp3) is 0.700. The van der Waals surface area contributed by atoms with E-state index in [2.05, 4.69) is 5.10 Å². The van der Waals surface area contributed by atoms with Crippen LogP contribution in [0, 0.1) is 6.92 Å². The molecule has 0 bridgehead atoms. The highest BCUT2D eigenvalue weighted by Crippen LogP contribution is 2.14. The summed E-state index contributed by atoms with van der Waals surface area (Å²) in [4.78, 5) is 0. The highest BCUT2D eigenvalue weighted by atomic mass is 35.5. The Balaban J connectivity index is 2.28. The van der Waals surface area contributed by atoms with Gasteiger partial charge in [-0.2, -0.15) is 5.10 Å². The number of aryl methyl sites for hydroxylation is 1. The van der Waals surface area contributed by atoms with E-state index in [9.17, 15) is 0 Å². The average molecular weight is 216 g/mol. The van der Waals surface area contributed by atoms with Gasteiger partial charge in [0.15, 0.2) is 0 Å². The molecule has 0 aromatic carbocycles. The van der Waals surface area contributed by atoms with Crippen molar-refractivity contribution in [2.45, 2.75) is 45.7 Å². The molecule has 0 fully saturated rings. The fourth-order valence-electron chi connectivity index (χ4n) is 1.38. The van der Waals surface area contributed by atoms with Gasteiger partial charge in [0.05, 0.1) is 16.9 Å². The molecule has 1 unspecified atom stereocenters. The number of nitrogens with two attached hydrogens (primary N) is 1. The summed E-state index contributed by atoms with van der Waals surface area (Å²) in [6, 6.07) is 0.303. The van der Waals surface area contributed by atoms with E-state index in [-0.39, 0.29) is 0 Å². The molecule has 1 rings (SSSR count). The highest BCUT2D eigenvalue weighted by molar-refractivity contribution is 6.31. The Morgan fingerprint density at radius 2 is 2.29 bits per heavy atom. The van der Waals surface area contributed by atoms with E-state index >= 15 is 0 Å². The molecule has 1 aromatic heterocycles. The maximum Gasteiger partial charge on any atom is 0.0814 e. The summed E-state index contributed by atoms with van der Waals surface area (Å²) in [5, 5.41) is 4.93. The monoisotopic (exact) mass is 215 g/mol. The predicted octanol–water partition coefficient (Wildman–Crippen LogP) is 2.36. The van der Waals surface area contributed by atoms with Crippen LogP contribution in [0.3, 0.4) is 0 Å². The molecule has 0 saturated carbocycles. The fourth-order valence-corrected chi connectivity index (χ4v) is 1.52. The van der Waals surface area contributed by atoms with E-state index in [1.54, 1.807) is 6.20 Å². The number of hydrogen-bond acceptors (Lipinski definition) is 2. The molecule has 0 amide bonds. The second-order valence-corrected chi connectivity index (χ2v) is 4.18. The average Bonchev–Trinajstić information content (AvgIpc) is 2.43. The SMILES string of the molecule is Cc1c(Cl)cnn1CCCCC(C)N. The van der Waals surface area contributed by atoms with Crippen molar-refractivity contribution in [2.24, 2.45) is 5.73 Å². The van der Waals surface area contributed by atoms with Crippen LogP contribution in [0.25, 0.3) is 0 Å². The van der Waals surface area contributed by atoms with Crippen LogP contribution < -0.4 is 5.73 Å². The van der Waals surface area contributed by atoms with Crippen molar-refractivity contribution >= 4 is 11.6 Å². The largest absolute Gasteiger partial charge is 0.328 e. The van der Waals surface area contributed by atoms with Crippen molar-refractivity contribution in [1.82, 2.24) is 9.78 Å². The lowest BCUT2D eigenvalue weighted by molar-refractivity contribution is 0.514. The maximum atomic E-state index is 5.89. The third-order valence-electron chi connectivity index (χ3n) is 2.32. The van der Waals surface area contributed by atoms with Gasteiger partial charge >= 0.3 is 0 Å². The van der Waals surface area contributed by atoms with Gasteiger partial charge in [-0.1, -0.05) is 18.0 Å². The summed E-state index contributed by atoms with van der Waals surface area (Å²) in [5.74, 6) is 0. The zero-order valence-corrected chi connectivity index (χ0v) is 9.59. The molecule has 1 heterocycles. The van der Waals surface area contributed by atoms with Crippen LogP contribution >= 0.6 is 11.6 Å². The second kappa shape index (κ2) is 5.37. The topological polar surface area (TPSA) is 43.8 Å². The normalized spacial score (nSPS) is 13.1. The number of halogens is 1. The molecule has 1 atom stereocenters. The van der Waals surface area contributed by atoms with Crippen LogP contribution in [0.15, 0.2) is 6.20 Å². The van der Waals surface area contributed by atoms with Crippen LogP contribution in [0.5, 0.6) is 0 Å². The standard InChI is InChI=1S/C10H18ClN3/c1-8(12)5-3-4-6-14-9(2)10(11)7-13-14/h7-8H,3-6,12H2,1-2H3. The molecule has 2 N–H and O–H groups in total. The number of hydrogen-bond donors (Lipinski definition) is 1. The van der Waals surface area contributed by atoms with Crippen molar-refractivity contribution in [2.75, 3.05) is 0 Å². The molecule has 0 aliphatic rings. The summed E-state index contributed by atoms with van der Waals surface area (Å²) < 4.78 is 1.95. The van der Waals surface area contributed by atoms with E-state index in [4.69, 9.17) is 17.3 Å². The molecule has 0 spiro atoms. The minimum Gasteiger partial charge on any atom is -0.328 e. The van der Waals surface area contributed by atoms with Gasteiger partial charge < -0.3 is 5.73 Å². The second-order valence-electron chi connectivity index (χ2n) is 3.77. The van der Waals surface area contributed by atoms with Crippen LogP contribution in [-0.4, -0.2) is 15.8 Å². The van der Waals surface area contributed by atoms with E-state index in [1.807, 2.05) is 18.5 Å². The van der Waals surface area contributed by atoms with Crippen LogP contribution in [0.2, 0.25) is 5.02 Å². The number of rotatable bonds is 5. The molecule has 0 aliphatic carbocycles. The Morgan fingerprint density at radius 3 is 2.79 bits per heavy atom. The first kappa shape index (κ1) is 11.5. The molecular weight excluding hydrogens is 198 g/mol. The molecule has 3 nitrogen and oxygen atoms in total. The Morgan fingerprint density at radius 1 is 1.57 bits per heavy atom. The highest BCUT2D eigenvalue weighted by Gasteiger charge is 2.03. The number of aromatic nitrogens is 2. The van der Waals surface area contributed by atoms with Gasteiger partial charge in [-0.3, -0.25) is 4.68 Å². The molecule has 0 radical (unpaired) electrons. The predicted molar refractivity (Wildman–Crippen MR) is 59.5 cm³/mol. The Bertz CT molecular complexity index is 281. The lowest BCUT2D eigenvalue weighted by atomic mass is 10.1. The van der Waals surface area contributed by atoms with E-state index in [0.29, 0.717) is 6.04 Å². The van der Waals surface area contributed by atoms with Crippen LogP contribution in [0.1, 0.15) is 31.9 Å². The Kier molecular flexibility index (Phi) is 4.42. The van der Waals surface area contributed by atoms with Crippen LogP contribution in [0.4, 0.5) is 0 Å². The summed E-state index contributed by atoms with van der Waals surface area (Å²) >= 11 is 5.89. The lowest BCUT2D eigenvalue weighted by Gasteiger charge is -2.06. The minimum atomic E-state index is 0.303. The molecule has 80 valence electrons. The summed E-state index contributed by atoms with van der Waals surface area (Å²) in [5.41, 5.74) is 6.71. The molecule has 0 saturated heterocycles. The van der Waals surface area contributed by atoms with Crippen molar-refractivity contribution < 1.29 is 0 Å². The molecule has 1 aromatic rings.